The van der Waals surface area contributed by atoms with Crippen molar-refractivity contribution in [2.45, 2.75) is 24.1 Å². The molecule has 2 rings (SSSR count). The number of alkyl halides is 2. The Morgan fingerprint density at radius 1 is 1.47 bits per heavy atom. The Morgan fingerprint density at radius 3 is 2.74 bits per heavy atom. The summed E-state index contributed by atoms with van der Waals surface area (Å²) in [7, 11) is 1.63. The van der Waals surface area contributed by atoms with Crippen molar-refractivity contribution in [2.75, 3.05) is 13.7 Å². The molecule has 0 unspecified atom stereocenters. The van der Waals surface area contributed by atoms with Crippen LogP contribution < -0.4 is 10.1 Å². The Morgan fingerprint density at radius 2 is 2.16 bits per heavy atom. The first-order chi connectivity index (χ1) is 8.89. The van der Waals surface area contributed by atoms with Gasteiger partial charge in [-0.15, -0.1) is 23.2 Å². The molecule has 0 bridgehead atoms. The van der Waals surface area contributed by atoms with Crippen LogP contribution in [0.15, 0.2) is 24.3 Å². The van der Waals surface area contributed by atoms with Crippen molar-refractivity contribution in [3.63, 3.8) is 0 Å². The molecular weight excluding hydrogens is 285 g/mol. The number of halogens is 2. The lowest BCUT2D eigenvalue weighted by Crippen LogP contribution is -2.34. The van der Waals surface area contributed by atoms with E-state index in [0.29, 0.717) is 13.0 Å². The average Bonchev–Trinajstić information content (AvgIpc) is 2.90. The summed E-state index contributed by atoms with van der Waals surface area (Å²) in [6.07, 6.45) is 1.25. The van der Waals surface area contributed by atoms with Gasteiger partial charge in [0.25, 0.3) is 0 Å². The van der Waals surface area contributed by atoms with E-state index < -0.39 is 9.75 Å². The summed E-state index contributed by atoms with van der Waals surface area (Å²) >= 11 is 11.9. The molecule has 0 saturated heterocycles. The summed E-state index contributed by atoms with van der Waals surface area (Å²) in [6.45, 7) is 2.35. The van der Waals surface area contributed by atoms with Gasteiger partial charge in [-0.05, 0) is 37.5 Å². The molecule has 0 aromatic heterocycles. The Hall–Kier alpha value is -0.930. The van der Waals surface area contributed by atoms with Gasteiger partial charge in [0.05, 0.1) is 12.5 Å². The van der Waals surface area contributed by atoms with E-state index in [0.717, 1.165) is 17.7 Å². The van der Waals surface area contributed by atoms with Gasteiger partial charge in [0.15, 0.2) is 0 Å². The zero-order valence-electron chi connectivity index (χ0n) is 11.0. The summed E-state index contributed by atoms with van der Waals surface area (Å²) in [5.41, 5.74) is 0.466. The van der Waals surface area contributed by atoms with E-state index in [-0.39, 0.29) is 5.91 Å². The lowest BCUT2D eigenvalue weighted by Gasteiger charge is -2.12. The average molecular weight is 302 g/mol. The molecule has 1 aliphatic carbocycles. The third kappa shape index (κ3) is 2.98. The van der Waals surface area contributed by atoms with Crippen LogP contribution >= 0.6 is 23.2 Å². The van der Waals surface area contributed by atoms with Crippen molar-refractivity contribution < 1.29 is 9.53 Å². The van der Waals surface area contributed by atoms with Gasteiger partial charge in [-0.25, -0.2) is 0 Å². The molecule has 1 fully saturated rings. The highest BCUT2D eigenvalue weighted by atomic mass is 35.5. The van der Waals surface area contributed by atoms with Gasteiger partial charge in [-0.2, -0.15) is 0 Å². The van der Waals surface area contributed by atoms with Crippen LogP contribution in [0.2, 0.25) is 0 Å². The molecule has 0 heterocycles. The topological polar surface area (TPSA) is 38.3 Å². The van der Waals surface area contributed by atoms with E-state index in [1.54, 1.807) is 14.0 Å². The first-order valence-electron chi connectivity index (χ1n) is 6.18. The molecule has 0 aliphatic heterocycles. The lowest BCUT2D eigenvalue weighted by atomic mass is 10.1. The summed E-state index contributed by atoms with van der Waals surface area (Å²) in [6, 6.07) is 7.78. The molecule has 3 nitrogen and oxygen atoms in total. The fraction of sp³-hybridized carbons (Fsp3) is 0.500. The molecule has 1 aliphatic rings. The van der Waals surface area contributed by atoms with Crippen molar-refractivity contribution in [2.24, 2.45) is 5.41 Å². The second-order valence-corrected chi connectivity index (χ2v) is 6.55. The van der Waals surface area contributed by atoms with Crippen LogP contribution in [-0.4, -0.2) is 23.9 Å². The van der Waals surface area contributed by atoms with E-state index in [1.165, 1.54) is 0 Å². The summed E-state index contributed by atoms with van der Waals surface area (Å²) in [4.78, 5) is 12.0. The fourth-order valence-corrected chi connectivity index (χ4v) is 2.70. The molecular formula is C14H17Cl2NO2. The number of ether oxygens (including phenoxy) is 1. The smallest absolute Gasteiger partial charge is 0.229 e. The quantitative estimate of drug-likeness (QED) is 0.849. The van der Waals surface area contributed by atoms with Gasteiger partial charge in [0.1, 0.15) is 10.1 Å². The van der Waals surface area contributed by atoms with Crippen molar-refractivity contribution in [1.82, 2.24) is 5.32 Å². The largest absolute Gasteiger partial charge is 0.497 e. The van der Waals surface area contributed by atoms with Crippen LogP contribution in [0, 0.1) is 5.41 Å². The number of carbonyl (C=O) groups is 1. The van der Waals surface area contributed by atoms with Gasteiger partial charge < -0.3 is 10.1 Å². The molecule has 0 radical (unpaired) electrons. The van der Waals surface area contributed by atoms with E-state index in [4.69, 9.17) is 27.9 Å². The molecule has 1 saturated carbocycles. The van der Waals surface area contributed by atoms with Gasteiger partial charge in [-0.3, -0.25) is 4.79 Å². The van der Waals surface area contributed by atoms with Gasteiger partial charge in [0, 0.05) is 6.54 Å². The number of benzene rings is 1. The minimum Gasteiger partial charge on any atom is -0.497 e. The molecule has 1 aromatic rings. The minimum atomic E-state index is -0.910. The van der Waals surface area contributed by atoms with Crippen LogP contribution in [0.1, 0.15) is 18.9 Å². The molecule has 1 N–H and O–H groups in total. The second-order valence-electron chi connectivity index (χ2n) is 5.07. The van der Waals surface area contributed by atoms with E-state index in [2.05, 4.69) is 5.32 Å². The van der Waals surface area contributed by atoms with Crippen molar-refractivity contribution in [3.8, 4) is 5.75 Å². The van der Waals surface area contributed by atoms with Crippen molar-refractivity contribution in [1.29, 1.82) is 0 Å². The number of methoxy groups -OCH3 is 1. The maximum Gasteiger partial charge on any atom is 0.229 e. The summed E-state index contributed by atoms with van der Waals surface area (Å²) in [5, 5.41) is 2.88. The van der Waals surface area contributed by atoms with Gasteiger partial charge in [0.2, 0.25) is 5.91 Å². The maximum atomic E-state index is 12.0. The van der Waals surface area contributed by atoms with Gasteiger partial charge >= 0.3 is 0 Å². The first kappa shape index (κ1) is 14.5. The van der Waals surface area contributed by atoms with Crippen molar-refractivity contribution in [3.05, 3.63) is 29.8 Å². The molecule has 104 valence electrons. The lowest BCUT2D eigenvalue weighted by molar-refractivity contribution is -0.125. The van der Waals surface area contributed by atoms with Crippen LogP contribution in [-0.2, 0) is 11.2 Å². The Bertz CT molecular complexity index is 490. The first-order valence-corrected chi connectivity index (χ1v) is 6.94. The normalized spacial score (nSPS) is 23.8. The number of rotatable bonds is 5. The number of hydrogen-bond donors (Lipinski definition) is 1. The number of amides is 1. The molecule has 5 heteroatoms. The predicted octanol–water partition coefficient (Wildman–Crippen LogP) is 2.94. The maximum absolute atomic E-state index is 12.0. The number of hydrogen-bond acceptors (Lipinski definition) is 2. The minimum absolute atomic E-state index is 0.0830. The molecule has 1 aromatic carbocycles. The molecule has 19 heavy (non-hydrogen) atoms. The predicted molar refractivity (Wildman–Crippen MR) is 76.9 cm³/mol. The number of nitrogens with one attached hydrogen (secondary N) is 1. The van der Waals surface area contributed by atoms with Gasteiger partial charge in [-0.1, -0.05) is 12.1 Å². The van der Waals surface area contributed by atoms with Crippen molar-refractivity contribution >= 4 is 29.1 Å². The molecule has 0 spiro atoms. The third-order valence-electron chi connectivity index (χ3n) is 3.59. The fourth-order valence-electron chi connectivity index (χ4n) is 1.99. The van der Waals surface area contributed by atoms with Crippen LogP contribution in [0.5, 0.6) is 5.75 Å². The zero-order valence-corrected chi connectivity index (χ0v) is 12.5. The van der Waals surface area contributed by atoms with E-state index in [1.807, 2.05) is 24.3 Å². The van der Waals surface area contributed by atoms with Crippen LogP contribution in [0.4, 0.5) is 0 Å². The van der Waals surface area contributed by atoms with E-state index in [9.17, 15) is 4.79 Å². The number of carbonyl (C=O) groups excluding carboxylic acids is 1. The zero-order chi connectivity index (χ0) is 14.1. The Balaban J connectivity index is 1.82. The third-order valence-corrected chi connectivity index (χ3v) is 4.69. The molecule has 1 amide bonds. The Kier molecular flexibility index (Phi) is 3.98. The summed E-state index contributed by atoms with van der Waals surface area (Å²) in [5.74, 6) is 0.735. The standard InChI is InChI=1S/C14H17Cl2NO2/c1-13(9-14(13,15)16)12(18)17-7-6-10-4-3-5-11(8-10)19-2/h3-5,8H,6-7,9H2,1-2H3,(H,17,18)/t13-/m1/s1. The highest BCUT2D eigenvalue weighted by molar-refractivity contribution is 6.53. The van der Waals surface area contributed by atoms with Crippen LogP contribution in [0.25, 0.3) is 0 Å². The summed E-state index contributed by atoms with van der Waals surface area (Å²) < 4.78 is 4.24. The SMILES string of the molecule is COc1cccc(CCNC(=O)[C@@]2(C)CC2(Cl)Cl)c1. The molecule has 1 atom stereocenters. The second kappa shape index (κ2) is 5.22. The monoisotopic (exact) mass is 301 g/mol. The highest BCUT2D eigenvalue weighted by Crippen LogP contribution is 2.63. The van der Waals surface area contributed by atoms with Crippen LogP contribution in [0.3, 0.4) is 0 Å². The van der Waals surface area contributed by atoms with E-state index >= 15 is 0 Å². The Labute approximate surface area is 123 Å². The highest BCUT2D eigenvalue weighted by Gasteiger charge is 2.67.